The quantitative estimate of drug-likeness (QED) is 0.0418. The van der Waals surface area contributed by atoms with Crippen molar-refractivity contribution >= 4 is 17.3 Å². The van der Waals surface area contributed by atoms with Crippen molar-refractivity contribution in [1.29, 1.82) is 0 Å². The normalized spacial score (nSPS) is 14.2. The first-order valence-corrected chi connectivity index (χ1v) is 24.4. The molecule has 0 aliphatic carbocycles. The van der Waals surface area contributed by atoms with Crippen molar-refractivity contribution in [2.75, 3.05) is 0 Å². The number of hydrogen-bond donors (Lipinski definition) is 3. The van der Waals surface area contributed by atoms with Gasteiger partial charge in [0.25, 0.3) is 0 Å². The third-order valence-corrected chi connectivity index (χ3v) is 11.4. The van der Waals surface area contributed by atoms with E-state index in [4.69, 9.17) is 0 Å². The smallest absolute Gasteiger partial charge is 0.189 e. The van der Waals surface area contributed by atoms with Gasteiger partial charge in [-0.3, -0.25) is 14.4 Å². The summed E-state index contributed by atoms with van der Waals surface area (Å²) in [4.78, 5) is 39.9. The molecule has 57 heavy (non-hydrogen) atoms. The number of aliphatic hydroxyl groups excluding tert-OH is 2. The van der Waals surface area contributed by atoms with E-state index in [2.05, 4.69) is 57.2 Å². The van der Waals surface area contributed by atoms with Gasteiger partial charge in [-0.25, -0.2) is 0 Å². The summed E-state index contributed by atoms with van der Waals surface area (Å²) in [6, 6.07) is 0. The van der Waals surface area contributed by atoms with Crippen molar-refractivity contribution in [1.82, 2.24) is 0 Å². The van der Waals surface area contributed by atoms with Crippen LogP contribution in [0.2, 0.25) is 0 Å². The van der Waals surface area contributed by atoms with Crippen LogP contribution in [-0.2, 0) is 14.4 Å². The highest BCUT2D eigenvalue weighted by atomic mass is 16.4. The average molecular weight is 801 g/mol. The van der Waals surface area contributed by atoms with Gasteiger partial charge in [0.2, 0.25) is 0 Å². The molecule has 0 saturated carbocycles. The van der Waals surface area contributed by atoms with Gasteiger partial charge in [0.15, 0.2) is 35.2 Å². The molecule has 0 radical (unpaired) electrons. The van der Waals surface area contributed by atoms with Crippen molar-refractivity contribution in [3.63, 3.8) is 0 Å². The Balaban J connectivity index is 4.87. The summed E-state index contributed by atoms with van der Waals surface area (Å²) >= 11 is 0. The molecular weight excluding hydrogens is 709 g/mol. The first-order chi connectivity index (χ1) is 27.8. The average Bonchev–Trinajstić information content (AvgIpc) is 3.21. The molecule has 6 nitrogen and oxygen atoms in total. The van der Waals surface area contributed by atoms with Crippen LogP contribution >= 0.6 is 0 Å². The topological polar surface area (TPSA) is 112 Å². The van der Waals surface area contributed by atoms with Gasteiger partial charge < -0.3 is 15.3 Å². The minimum atomic E-state index is -2.81. The molecule has 0 aliphatic rings. The van der Waals surface area contributed by atoms with E-state index in [1.807, 2.05) is 0 Å². The van der Waals surface area contributed by atoms with E-state index in [9.17, 15) is 29.7 Å². The van der Waals surface area contributed by atoms with Crippen LogP contribution in [0.4, 0.5) is 0 Å². The van der Waals surface area contributed by atoms with Gasteiger partial charge in [-0.2, -0.15) is 0 Å². The van der Waals surface area contributed by atoms with Crippen LogP contribution < -0.4 is 0 Å². The largest absolute Gasteiger partial charge is 0.382 e. The molecule has 2 atom stereocenters. The van der Waals surface area contributed by atoms with Crippen LogP contribution in [-0.4, -0.2) is 50.5 Å². The Morgan fingerprint density at radius 2 is 0.596 bits per heavy atom. The fourth-order valence-electron chi connectivity index (χ4n) is 7.45. The second-order valence-corrected chi connectivity index (χ2v) is 16.9. The van der Waals surface area contributed by atoms with E-state index < -0.39 is 35.2 Å². The molecule has 332 valence electrons. The molecule has 0 aromatic heterocycles. The number of ketones is 3. The maximum absolute atomic E-state index is 13.5. The highest BCUT2D eigenvalue weighted by Gasteiger charge is 2.53. The van der Waals surface area contributed by atoms with Crippen LogP contribution in [0.3, 0.4) is 0 Å². The maximum Gasteiger partial charge on any atom is 0.189 e. The number of rotatable bonds is 44. The van der Waals surface area contributed by atoms with Gasteiger partial charge in [-0.05, 0) is 96.3 Å². The van der Waals surface area contributed by atoms with Gasteiger partial charge in [0, 0.05) is 19.3 Å². The number of unbranched alkanes of at least 4 members (excludes halogenated alkanes) is 27. The Kier molecular flexibility index (Phi) is 39.5. The van der Waals surface area contributed by atoms with Crippen molar-refractivity contribution < 1.29 is 29.7 Å². The van der Waals surface area contributed by atoms with Crippen molar-refractivity contribution in [2.45, 2.75) is 270 Å². The lowest BCUT2D eigenvalue weighted by molar-refractivity contribution is -0.181. The summed E-state index contributed by atoms with van der Waals surface area (Å²) in [6.45, 7) is 6.66. The van der Waals surface area contributed by atoms with E-state index in [1.54, 1.807) is 0 Å². The van der Waals surface area contributed by atoms with Crippen LogP contribution in [0, 0.1) is 0 Å². The van der Waals surface area contributed by atoms with Gasteiger partial charge in [-0.15, -0.1) is 0 Å². The minimum Gasteiger partial charge on any atom is -0.382 e. The van der Waals surface area contributed by atoms with Gasteiger partial charge >= 0.3 is 0 Å². The number of Topliss-reactive ketones (excluding diaryl/α,β-unsaturated/α-hetero) is 3. The first-order valence-electron chi connectivity index (χ1n) is 24.4. The molecule has 6 heteroatoms. The summed E-state index contributed by atoms with van der Waals surface area (Å²) in [7, 11) is 0. The molecular formula is C51H92O6. The van der Waals surface area contributed by atoms with Crippen molar-refractivity contribution in [3.8, 4) is 0 Å². The molecule has 0 heterocycles. The SMILES string of the molecule is CCCCC/C=C\CCCCCCCCC(=O)C(O)C(O)(C(=O)CCCCCCCC/C=C\CCCCC)C(O)C(=O)CCCCCCCC/C=C\CCCCC. The zero-order valence-corrected chi connectivity index (χ0v) is 37.6. The second kappa shape index (κ2) is 40.9. The van der Waals surface area contributed by atoms with Crippen LogP contribution in [0.15, 0.2) is 36.5 Å². The standard InChI is InChI=1S/C51H92O6/c1-4-7-10-13-16-19-22-25-28-31-34-37-40-43-46(52)49(55)51(57,48(54)45-42-39-36-33-30-27-24-21-18-15-12-9-6-3)50(56)47(53)44-41-38-35-32-29-26-23-20-17-14-11-8-5-2/h16-21,49-50,55-57H,4-15,22-45H2,1-3H3/b19-16-,20-17-,21-18-. The highest BCUT2D eigenvalue weighted by molar-refractivity contribution is 6.01. The molecule has 3 N–H and O–H groups in total. The van der Waals surface area contributed by atoms with Crippen molar-refractivity contribution in [3.05, 3.63) is 36.5 Å². The van der Waals surface area contributed by atoms with Crippen LogP contribution in [0.1, 0.15) is 252 Å². The van der Waals surface area contributed by atoms with E-state index in [0.29, 0.717) is 19.3 Å². The number of carbonyl (C=O) groups excluding carboxylic acids is 3. The molecule has 0 rings (SSSR count). The lowest BCUT2D eigenvalue weighted by Crippen LogP contribution is -2.63. The number of carbonyl (C=O) groups is 3. The second-order valence-electron chi connectivity index (χ2n) is 16.9. The van der Waals surface area contributed by atoms with E-state index in [-0.39, 0.29) is 19.3 Å². The maximum atomic E-state index is 13.5. The summed E-state index contributed by atoms with van der Waals surface area (Å²) < 4.78 is 0. The van der Waals surface area contributed by atoms with Gasteiger partial charge in [-0.1, -0.05) is 173 Å². The molecule has 0 aromatic rings. The number of aliphatic hydroxyl groups is 3. The Hall–Kier alpha value is -1.89. The zero-order valence-electron chi connectivity index (χ0n) is 37.6. The summed E-state index contributed by atoms with van der Waals surface area (Å²) in [5.41, 5.74) is -2.81. The molecule has 0 saturated heterocycles. The fraction of sp³-hybridized carbons (Fsp3) is 0.824. The molecule has 0 fully saturated rings. The number of allylic oxidation sites excluding steroid dienone is 6. The number of hydrogen-bond acceptors (Lipinski definition) is 6. The van der Waals surface area contributed by atoms with Crippen molar-refractivity contribution in [2.24, 2.45) is 0 Å². The van der Waals surface area contributed by atoms with Crippen LogP contribution in [0.5, 0.6) is 0 Å². The Bertz CT molecular complexity index is 975. The van der Waals surface area contributed by atoms with E-state index in [0.717, 1.165) is 135 Å². The third kappa shape index (κ3) is 30.8. The molecule has 0 spiro atoms. The molecule has 0 bridgehead atoms. The highest BCUT2D eigenvalue weighted by Crippen LogP contribution is 2.26. The molecule has 0 aromatic carbocycles. The molecule has 0 aliphatic heterocycles. The van der Waals surface area contributed by atoms with Crippen LogP contribution in [0.25, 0.3) is 0 Å². The van der Waals surface area contributed by atoms with Gasteiger partial charge in [0.05, 0.1) is 0 Å². The summed E-state index contributed by atoms with van der Waals surface area (Å²) in [6.07, 6.45) is 44.3. The zero-order chi connectivity index (χ0) is 42.1. The van der Waals surface area contributed by atoms with Gasteiger partial charge in [0.1, 0.15) is 0 Å². The minimum absolute atomic E-state index is 0.000736. The lowest BCUT2D eigenvalue weighted by atomic mass is 9.78. The Morgan fingerprint density at radius 1 is 0.368 bits per heavy atom. The molecule has 2 unspecified atom stereocenters. The summed E-state index contributed by atoms with van der Waals surface area (Å²) in [5, 5.41) is 34.0. The van der Waals surface area contributed by atoms with E-state index >= 15 is 0 Å². The van der Waals surface area contributed by atoms with E-state index in [1.165, 1.54) is 57.8 Å². The molecule has 0 amide bonds. The Labute approximate surface area is 352 Å². The summed E-state index contributed by atoms with van der Waals surface area (Å²) in [5.74, 6) is -2.17. The lowest BCUT2D eigenvalue weighted by Gasteiger charge is -2.34. The predicted octanol–water partition coefficient (Wildman–Crippen LogP) is 13.9. The fourth-order valence-corrected chi connectivity index (χ4v) is 7.45. The Morgan fingerprint density at radius 3 is 0.877 bits per heavy atom. The third-order valence-electron chi connectivity index (χ3n) is 11.4. The monoisotopic (exact) mass is 801 g/mol. The first kappa shape index (κ1) is 55.1. The predicted molar refractivity (Wildman–Crippen MR) is 243 cm³/mol.